The van der Waals surface area contributed by atoms with Crippen molar-refractivity contribution in [3.8, 4) is 22.6 Å². The van der Waals surface area contributed by atoms with E-state index in [9.17, 15) is 4.79 Å². The molecule has 0 unspecified atom stereocenters. The number of methoxy groups -OCH3 is 1. The Morgan fingerprint density at radius 1 is 0.825 bits per heavy atom. The van der Waals surface area contributed by atoms with Gasteiger partial charge in [-0.25, -0.2) is 4.79 Å². The van der Waals surface area contributed by atoms with Crippen molar-refractivity contribution in [1.29, 1.82) is 0 Å². The van der Waals surface area contributed by atoms with Crippen LogP contribution in [0.3, 0.4) is 0 Å². The van der Waals surface area contributed by atoms with Crippen LogP contribution >= 0.6 is 0 Å². The van der Waals surface area contributed by atoms with Crippen molar-refractivity contribution in [3.63, 3.8) is 0 Å². The third-order valence-electron chi connectivity index (χ3n) is 7.77. The van der Waals surface area contributed by atoms with Crippen LogP contribution in [0.15, 0.2) is 52.9 Å². The number of rotatable bonds is 8. The molecule has 0 fully saturated rings. The summed E-state index contributed by atoms with van der Waals surface area (Å²) in [5.74, 6) is 2.20. The Hall–Kier alpha value is -3.57. The lowest BCUT2D eigenvalue weighted by Gasteiger charge is -2.15. The van der Waals surface area contributed by atoms with Crippen molar-refractivity contribution in [2.45, 2.75) is 68.2 Å². The minimum absolute atomic E-state index is 0.398. The van der Waals surface area contributed by atoms with Gasteiger partial charge in [0.2, 0.25) is 0 Å². The number of fused-ring (bicyclic) bond motifs is 1. The van der Waals surface area contributed by atoms with Crippen molar-refractivity contribution in [2.75, 3.05) is 26.7 Å². The zero-order valence-electron chi connectivity index (χ0n) is 25.9. The number of hydrogen-bond donors (Lipinski definition) is 0. The lowest BCUT2D eigenvalue weighted by Crippen LogP contribution is -2.21. The number of benzene rings is 3. The van der Waals surface area contributed by atoms with Gasteiger partial charge in [-0.05, 0) is 99.8 Å². The second kappa shape index (κ2) is 13.7. The van der Waals surface area contributed by atoms with Gasteiger partial charge in [0.15, 0.2) is 0 Å². The van der Waals surface area contributed by atoms with Crippen LogP contribution in [-0.4, -0.2) is 37.6 Å². The molecule has 3 aromatic carbocycles. The van der Waals surface area contributed by atoms with Gasteiger partial charge in [-0.2, -0.15) is 0 Å². The van der Waals surface area contributed by atoms with Crippen LogP contribution in [0.4, 0.5) is 0 Å². The fraction of sp³-hybridized carbons (Fsp3) is 0.400. The number of esters is 1. The summed E-state index contributed by atoms with van der Waals surface area (Å²) in [5, 5.41) is 0.991. The minimum atomic E-state index is -0.398. The zero-order chi connectivity index (χ0) is 29.6. The van der Waals surface area contributed by atoms with Crippen LogP contribution in [0.2, 0.25) is 0 Å². The Kier molecular flexibility index (Phi) is 10.6. The van der Waals surface area contributed by atoms with Crippen molar-refractivity contribution in [3.05, 3.63) is 82.1 Å². The Morgan fingerprint density at radius 3 is 1.88 bits per heavy atom. The average Bonchev–Trinajstić information content (AvgIpc) is 3.32. The smallest absolute Gasteiger partial charge is 0.343 e. The first kappa shape index (κ1) is 31.0. The molecule has 214 valence electrons. The first-order chi connectivity index (χ1) is 19.1. The van der Waals surface area contributed by atoms with Gasteiger partial charge >= 0.3 is 5.97 Å². The van der Waals surface area contributed by atoms with E-state index in [1.807, 2.05) is 27.7 Å². The van der Waals surface area contributed by atoms with E-state index in [1.165, 1.54) is 25.2 Å². The summed E-state index contributed by atoms with van der Waals surface area (Å²) in [6.07, 6.45) is 0. The molecule has 5 heteroatoms. The normalized spacial score (nSPS) is 11.1. The summed E-state index contributed by atoms with van der Waals surface area (Å²) in [5.41, 5.74) is 7.52. The molecule has 0 aliphatic rings. The molecule has 0 bridgehead atoms. The minimum Gasteiger partial charge on any atom is -0.497 e. The molecule has 5 nitrogen and oxygen atoms in total. The summed E-state index contributed by atoms with van der Waals surface area (Å²) in [4.78, 5) is 15.3. The van der Waals surface area contributed by atoms with Crippen molar-refractivity contribution >= 4 is 16.9 Å². The predicted octanol–water partition coefficient (Wildman–Crippen LogP) is 9.03. The Bertz CT molecular complexity index is 1420. The van der Waals surface area contributed by atoms with Gasteiger partial charge in [-0.3, -0.25) is 0 Å². The van der Waals surface area contributed by atoms with Gasteiger partial charge in [0, 0.05) is 16.5 Å². The standard InChI is InChI=1S/C29H30O4.C6H15N/c1-16(2)21-8-10-22(11-9-21)26-20(6)32-28-18(4)17(3)27(19(5)25(26)28)33-29(30)23-12-14-24(31-7)15-13-23;1-4-7(5-2)6-3/h8-16H,1-7H3;4-6H2,1-3H3. The highest BCUT2D eigenvalue weighted by Crippen LogP contribution is 2.43. The molecule has 0 saturated carbocycles. The van der Waals surface area contributed by atoms with E-state index in [-0.39, 0.29) is 0 Å². The van der Waals surface area contributed by atoms with E-state index in [0.717, 1.165) is 44.5 Å². The summed E-state index contributed by atoms with van der Waals surface area (Å²) < 4.78 is 17.4. The first-order valence-corrected chi connectivity index (χ1v) is 14.3. The van der Waals surface area contributed by atoms with Gasteiger partial charge in [0.05, 0.1) is 12.7 Å². The molecular formula is C35H45NO4. The first-order valence-electron chi connectivity index (χ1n) is 14.3. The molecule has 0 aliphatic heterocycles. The van der Waals surface area contributed by atoms with E-state index in [0.29, 0.717) is 23.0 Å². The lowest BCUT2D eigenvalue weighted by molar-refractivity contribution is 0.0732. The molecule has 1 heterocycles. The second-order valence-corrected chi connectivity index (χ2v) is 10.5. The Balaban J connectivity index is 0.000000559. The maximum absolute atomic E-state index is 12.9. The number of ether oxygens (including phenoxy) is 2. The monoisotopic (exact) mass is 543 g/mol. The van der Waals surface area contributed by atoms with Gasteiger partial charge in [0.1, 0.15) is 22.8 Å². The summed E-state index contributed by atoms with van der Waals surface area (Å²) >= 11 is 0. The molecule has 40 heavy (non-hydrogen) atoms. The largest absolute Gasteiger partial charge is 0.497 e. The molecule has 0 amide bonds. The fourth-order valence-electron chi connectivity index (χ4n) is 4.99. The maximum atomic E-state index is 12.9. The highest BCUT2D eigenvalue weighted by molar-refractivity contribution is 6.02. The number of furan rings is 1. The van der Waals surface area contributed by atoms with Gasteiger partial charge in [-0.15, -0.1) is 0 Å². The van der Waals surface area contributed by atoms with Crippen molar-refractivity contribution in [2.24, 2.45) is 0 Å². The SMILES string of the molecule is CCN(CC)CC.COc1ccc(C(=O)Oc2c(C)c(C)c3oc(C)c(-c4ccc(C(C)C)cc4)c3c2C)cc1. The van der Waals surface area contributed by atoms with E-state index < -0.39 is 5.97 Å². The van der Waals surface area contributed by atoms with E-state index in [2.05, 4.69) is 63.8 Å². The fourth-order valence-corrected chi connectivity index (χ4v) is 4.99. The van der Waals surface area contributed by atoms with Crippen LogP contribution in [0.25, 0.3) is 22.1 Å². The molecule has 0 radical (unpaired) electrons. The third kappa shape index (κ3) is 6.59. The van der Waals surface area contributed by atoms with E-state index in [1.54, 1.807) is 31.4 Å². The number of nitrogens with zero attached hydrogens (tertiary/aromatic N) is 1. The van der Waals surface area contributed by atoms with Gasteiger partial charge < -0.3 is 18.8 Å². The van der Waals surface area contributed by atoms with Gasteiger partial charge in [-0.1, -0.05) is 58.9 Å². The summed E-state index contributed by atoms with van der Waals surface area (Å²) in [6, 6.07) is 15.5. The van der Waals surface area contributed by atoms with Gasteiger partial charge in [0.25, 0.3) is 0 Å². The van der Waals surface area contributed by atoms with Crippen molar-refractivity contribution in [1.82, 2.24) is 4.90 Å². The number of carbonyl (C=O) groups excluding carboxylic acids is 1. The molecule has 4 rings (SSSR count). The second-order valence-electron chi connectivity index (χ2n) is 10.5. The maximum Gasteiger partial charge on any atom is 0.343 e. The molecular weight excluding hydrogens is 498 g/mol. The van der Waals surface area contributed by atoms with E-state index in [4.69, 9.17) is 13.9 Å². The highest BCUT2D eigenvalue weighted by Gasteiger charge is 2.24. The van der Waals surface area contributed by atoms with Crippen LogP contribution in [0.1, 0.15) is 78.9 Å². The third-order valence-corrected chi connectivity index (χ3v) is 7.77. The zero-order valence-corrected chi connectivity index (χ0v) is 25.9. The summed E-state index contributed by atoms with van der Waals surface area (Å²) in [6.45, 7) is 22.5. The number of hydrogen-bond acceptors (Lipinski definition) is 5. The molecule has 0 atom stereocenters. The van der Waals surface area contributed by atoms with E-state index >= 15 is 0 Å². The lowest BCUT2D eigenvalue weighted by atomic mass is 9.93. The van der Waals surface area contributed by atoms with Crippen LogP contribution in [0, 0.1) is 27.7 Å². The quantitative estimate of drug-likeness (QED) is 0.164. The molecule has 4 aromatic rings. The highest BCUT2D eigenvalue weighted by atomic mass is 16.5. The molecule has 1 aromatic heterocycles. The average molecular weight is 544 g/mol. The molecule has 0 aliphatic carbocycles. The molecule has 0 N–H and O–H groups in total. The van der Waals surface area contributed by atoms with Crippen LogP contribution in [-0.2, 0) is 0 Å². The number of carbonyl (C=O) groups is 1. The molecule has 0 saturated heterocycles. The summed E-state index contributed by atoms with van der Waals surface area (Å²) in [7, 11) is 1.60. The molecule has 0 spiro atoms. The van der Waals surface area contributed by atoms with Crippen molar-refractivity contribution < 1.29 is 18.7 Å². The predicted molar refractivity (Wildman–Crippen MR) is 166 cm³/mol. The Morgan fingerprint density at radius 2 is 1.40 bits per heavy atom. The Labute approximate surface area is 240 Å². The topological polar surface area (TPSA) is 51.9 Å². The van der Waals surface area contributed by atoms with Crippen LogP contribution < -0.4 is 9.47 Å². The van der Waals surface area contributed by atoms with Crippen LogP contribution in [0.5, 0.6) is 11.5 Å². The number of aryl methyl sites for hydroxylation is 3.